The first-order chi connectivity index (χ1) is 15.2. The van der Waals surface area contributed by atoms with Crippen LogP contribution < -0.4 is 15.0 Å². The van der Waals surface area contributed by atoms with Crippen LogP contribution in [0.2, 0.25) is 0 Å². The molecule has 1 fully saturated rings. The fraction of sp³-hybridized carbons (Fsp3) is 0.455. The number of halogens is 1. The van der Waals surface area contributed by atoms with Crippen molar-refractivity contribution in [1.29, 1.82) is 0 Å². The quantitative estimate of drug-likeness (QED) is 0.605. The molecule has 0 unspecified atom stereocenters. The highest BCUT2D eigenvalue weighted by molar-refractivity contribution is 5.73. The summed E-state index contributed by atoms with van der Waals surface area (Å²) in [5, 5.41) is 16.5. The van der Waals surface area contributed by atoms with Crippen LogP contribution >= 0.6 is 0 Å². The molecule has 3 aromatic heterocycles. The largest absolute Gasteiger partial charge is 0.412 e. The molecule has 9 nitrogen and oxygen atoms in total. The van der Waals surface area contributed by atoms with Crippen LogP contribution in [-0.4, -0.2) is 49.5 Å². The van der Waals surface area contributed by atoms with E-state index in [4.69, 9.17) is 9.72 Å². The molecule has 1 atom stereocenters. The third-order valence-corrected chi connectivity index (χ3v) is 5.40. The summed E-state index contributed by atoms with van der Waals surface area (Å²) >= 11 is 0. The van der Waals surface area contributed by atoms with Gasteiger partial charge < -0.3 is 20.1 Å². The van der Waals surface area contributed by atoms with Crippen molar-refractivity contribution in [2.75, 3.05) is 18.0 Å². The number of aryl methyl sites for hydroxylation is 1. The van der Waals surface area contributed by atoms with Crippen LogP contribution in [0.5, 0.6) is 5.75 Å². The van der Waals surface area contributed by atoms with Crippen molar-refractivity contribution in [3.63, 3.8) is 0 Å². The van der Waals surface area contributed by atoms with Crippen LogP contribution in [0, 0.1) is 5.82 Å². The van der Waals surface area contributed by atoms with Gasteiger partial charge in [-0.15, -0.1) is 0 Å². The number of fused-ring (bicyclic) bond motifs is 1. The number of ether oxygens (including phenoxy) is 1. The van der Waals surface area contributed by atoms with Gasteiger partial charge >= 0.3 is 6.09 Å². The molecular weight excluding hydrogens is 415 g/mol. The van der Waals surface area contributed by atoms with Gasteiger partial charge in [-0.2, -0.15) is 5.10 Å². The molecule has 1 aliphatic heterocycles. The number of carbonyl (C=O) groups excluding carboxylic acids is 1. The Labute approximate surface area is 185 Å². The molecule has 1 saturated heterocycles. The lowest BCUT2D eigenvalue weighted by molar-refractivity contribution is 0.0792. The molecular formula is C22H27FN6O3. The minimum Gasteiger partial charge on any atom is -0.405 e. The van der Waals surface area contributed by atoms with Crippen molar-refractivity contribution in [3.05, 3.63) is 47.8 Å². The second-order valence-corrected chi connectivity index (χ2v) is 8.51. The Morgan fingerprint density at radius 1 is 1.41 bits per heavy atom. The summed E-state index contributed by atoms with van der Waals surface area (Å²) in [5.41, 5.74) is 1.09. The molecule has 0 saturated carbocycles. The van der Waals surface area contributed by atoms with Crippen molar-refractivity contribution in [2.24, 2.45) is 0 Å². The minimum atomic E-state index is -1.06. The zero-order valence-electron chi connectivity index (χ0n) is 18.4. The number of hydrogen-bond donors (Lipinski definition) is 2. The van der Waals surface area contributed by atoms with Gasteiger partial charge in [0.2, 0.25) is 5.65 Å². The van der Waals surface area contributed by atoms with E-state index in [2.05, 4.69) is 20.3 Å². The maximum Gasteiger partial charge on any atom is 0.412 e. The summed E-state index contributed by atoms with van der Waals surface area (Å²) in [6.07, 6.45) is 6.25. The van der Waals surface area contributed by atoms with Gasteiger partial charge in [0.1, 0.15) is 11.6 Å². The Kier molecular flexibility index (Phi) is 5.96. The molecule has 4 rings (SSSR count). The first kappa shape index (κ1) is 21.9. The maximum atomic E-state index is 14.0. The molecule has 2 N–H and O–H groups in total. The SMILES string of the molecule is CCc1ncc(F)cc1[C@H]1CCCN1c1ccn2ncc(OC(=O)NCC(C)(C)O)c2n1. The Bertz CT molecular complexity index is 1130. The molecule has 1 aliphatic rings. The highest BCUT2D eigenvalue weighted by Gasteiger charge is 2.30. The number of anilines is 1. The fourth-order valence-electron chi connectivity index (χ4n) is 3.93. The summed E-state index contributed by atoms with van der Waals surface area (Å²) in [5.74, 6) is 0.544. The van der Waals surface area contributed by atoms with Crippen molar-refractivity contribution < 1.29 is 19.0 Å². The van der Waals surface area contributed by atoms with E-state index in [0.717, 1.165) is 30.6 Å². The summed E-state index contributed by atoms with van der Waals surface area (Å²) in [6.45, 7) is 5.98. The number of amides is 1. The predicted octanol–water partition coefficient (Wildman–Crippen LogP) is 3.03. The number of nitrogens with one attached hydrogen (secondary N) is 1. The topological polar surface area (TPSA) is 105 Å². The van der Waals surface area contributed by atoms with Crippen molar-refractivity contribution in [3.8, 4) is 5.75 Å². The zero-order chi connectivity index (χ0) is 22.9. The molecule has 4 heterocycles. The van der Waals surface area contributed by atoms with E-state index in [1.807, 2.05) is 13.0 Å². The summed E-state index contributed by atoms with van der Waals surface area (Å²) in [7, 11) is 0. The molecule has 170 valence electrons. The molecule has 0 radical (unpaired) electrons. The number of pyridine rings is 1. The lowest BCUT2D eigenvalue weighted by atomic mass is 10.0. The van der Waals surface area contributed by atoms with Gasteiger partial charge in [-0.3, -0.25) is 4.98 Å². The van der Waals surface area contributed by atoms with Gasteiger partial charge in [-0.1, -0.05) is 6.92 Å². The molecule has 0 spiro atoms. The standard InChI is InChI=1S/C22H27FN6O3/c1-4-16-15(10-14(23)11-24-16)17-6-5-8-28(17)19-7-9-29-20(27-19)18(12-26-29)32-21(30)25-13-22(2,3)31/h7,9-12,17,31H,4-6,8,13H2,1-3H3,(H,25,30)/t17-/m1/s1. The normalized spacial score (nSPS) is 16.5. The number of aliphatic hydroxyl groups is 1. The van der Waals surface area contributed by atoms with Gasteiger partial charge in [0.15, 0.2) is 5.75 Å². The highest BCUT2D eigenvalue weighted by Crippen LogP contribution is 2.37. The third-order valence-electron chi connectivity index (χ3n) is 5.40. The van der Waals surface area contributed by atoms with Gasteiger partial charge in [0.25, 0.3) is 0 Å². The lowest BCUT2D eigenvalue weighted by Gasteiger charge is -2.27. The van der Waals surface area contributed by atoms with E-state index in [1.165, 1.54) is 16.9 Å². The molecule has 3 aromatic rings. The Balaban J connectivity index is 1.60. The Hall–Kier alpha value is -3.27. The van der Waals surface area contributed by atoms with Crippen LogP contribution in [0.3, 0.4) is 0 Å². The highest BCUT2D eigenvalue weighted by atomic mass is 19.1. The van der Waals surface area contributed by atoms with E-state index >= 15 is 0 Å². The van der Waals surface area contributed by atoms with Gasteiger partial charge in [-0.05, 0) is 50.8 Å². The zero-order valence-corrected chi connectivity index (χ0v) is 18.4. The fourth-order valence-corrected chi connectivity index (χ4v) is 3.93. The van der Waals surface area contributed by atoms with Crippen molar-refractivity contribution >= 4 is 17.6 Å². The summed E-state index contributed by atoms with van der Waals surface area (Å²) < 4.78 is 20.8. The second-order valence-electron chi connectivity index (χ2n) is 8.51. The first-order valence-corrected chi connectivity index (χ1v) is 10.7. The van der Waals surface area contributed by atoms with Crippen molar-refractivity contribution in [2.45, 2.75) is 51.7 Å². The van der Waals surface area contributed by atoms with E-state index in [0.29, 0.717) is 17.9 Å². The van der Waals surface area contributed by atoms with Crippen LogP contribution in [0.1, 0.15) is 50.9 Å². The molecule has 0 bridgehead atoms. The van der Waals surface area contributed by atoms with Crippen molar-refractivity contribution in [1.82, 2.24) is 24.9 Å². The minimum absolute atomic E-state index is 0.0366. The van der Waals surface area contributed by atoms with Crippen LogP contribution in [0.15, 0.2) is 30.7 Å². The molecule has 0 aromatic carbocycles. The number of carbonyl (C=O) groups is 1. The number of hydrogen-bond acceptors (Lipinski definition) is 7. The number of rotatable bonds is 6. The summed E-state index contributed by atoms with van der Waals surface area (Å²) in [4.78, 5) is 23.2. The average Bonchev–Trinajstić information content (AvgIpc) is 3.39. The smallest absolute Gasteiger partial charge is 0.405 e. The number of nitrogens with zero attached hydrogens (tertiary/aromatic N) is 5. The number of aromatic nitrogens is 4. The first-order valence-electron chi connectivity index (χ1n) is 10.7. The van der Waals surface area contributed by atoms with Gasteiger partial charge in [-0.25, -0.2) is 18.7 Å². The molecule has 10 heteroatoms. The van der Waals surface area contributed by atoms with Crippen LogP contribution in [0.25, 0.3) is 5.65 Å². The van der Waals surface area contributed by atoms with Gasteiger partial charge in [0, 0.05) is 25.0 Å². The maximum absolute atomic E-state index is 14.0. The Morgan fingerprint density at radius 2 is 2.22 bits per heavy atom. The third kappa shape index (κ3) is 4.64. The summed E-state index contributed by atoms with van der Waals surface area (Å²) in [6, 6.07) is 3.37. The van der Waals surface area contributed by atoms with E-state index in [1.54, 1.807) is 26.1 Å². The van der Waals surface area contributed by atoms with Crippen LogP contribution in [-0.2, 0) is 6.42 Å². The molecule has 32 heavy (non-hydrogen) atoms. The van der Waals surface area contributed by atoms with E-state index in [9.17, 15) is 14.3 Å². The van der Waals surface area contributed by atoms with E-state index < -0.39 is 11.7 Å². The van der Waals surface area contributed by atoms with Crippen LogP contribution in [0.4, 0.5) is 15.0 Å². The Morgan fingerprint density at radius 3 is 2.97 bits per heavy atom. The monoisotopic (exact) mass is 442 g/mol. The average molecular weight is 442 g/mol. The molecule has 0 aliphatic carbocycles. The van der Waals surface area contributed by atoms with Gasteiger partial charge in [0.05, 0.1) is 24.0 Å². The predicted molar refractivity (Wildman–Crippen MR) is 116 cm³/mol. The van der Waals surface area contributed by atoms with E-state index in [-0.39, 0.29) is 24.2 Å². The second kappa shape index (κ2) is 8.70. The molecule has 1 amide bonds. The lowest BCUT2D eigenvalue weighted by Crippen LogP contribution is -2.39.